The van der Waals surface area contributed by atoms with Crippen LogP contribution in [-0.2, 0) is 0 Å². The number of likely N-dealkylation sites (tertiary alicyclic amines) is 1. The van der Waals surface area contributed by atoms with Crippen molar-refractivity contribution in [3.63, 3.8) is 0 Å². The SMILES string of the molecule is Cc1ccc(-c2ccc(C(=O)N3CCC(N)CC3)c(F)c2)cc1C.Cl. The standard InChI is InChI=1S/C20H23FN2O.ClH/c1-13-3-4-15(11-14(13)2)16-5-6-18(19(21)12-16)20(24)23-9-7-17(22)8-10-23;/h3-6,11-12,17H,7-10,22H2,1-2H3;1H. The Morgan fingerprint density at radius 1 is 1.04 bits per heavy atom. The lowest BCUT2D eigenvalue weighted by Crippen LogP contribution is -2.43. The highest BCUT2D eigenvalue weighted by Gasteiger charge is 2.23. The molecule has 134 valence electrons. The summed E-state index contributed by atoms with van der Waals surface area (Å²) in [4.78, 5) is 14.2. The number of amides is 1. The van der Waals surface area contributed by atoms with Crippen molar-refractivity contribution >= 4 is 18.3 Å². The second-order valence-electron chi connectivity index (χ2n) is 6.62. The van der Waals surface area contributed by atoms with Crippen molar-refractivity contribution in [3.05, 3.63) is 58.9 Å². The van der Waals surface area contributed by atoms with Gasteiger partial charge in [-0.15, -0.1) is 12.4 Å². The summed E-state index contributed by atoms with van der Waals surface area (Å²) < 4.78 is 14.5. The first kappa shape index (κ1) is 19.4. The molecule has 1 amide bonds. The summed E-state index contributed by atoms with van der Waals surface area (Å²) in [6.07, 6.45) is 1.54. The third-order valence-electron chi connectivity index (χ3n) is 4.87. The molecule has 25 heavy (non-hydrogen) atoms. The number of halogens is 2. The molecule has 1 fully saturated rings. The number of rotatable bonds is 2. The molecule has 3 rings (SSSR count). The molecule has 0 aromatic heterocycles. The number of piperidine rings is 1. The van der Waals surface area contributed by atoms with Crippen LogP contribution in [0.25, 0.3) is 11.1 Å². The Bertz CT molecular complexity index is 770. The van der Waals surface area contributed by atoms with Gasteiger partial charge in [-0.2, -0.15) is 0 Å². The fourth-order valence-corrected chi connectivity index (χ4v) is 3.06. The van der Waals surface area contributed by atoms with Crippen molar-refractivity contribution in [2.75, 3.05) is 13.1 Å². The molecule has 0 bridgehead atoms. The van der Waals surface area contributed by atoms with Crippen molar-refractivity contribution in [2.45, 2.75) is 32.7 Å². The highest BCUT2D eigenvalue weighted by atomic mass is 35.5. The maximum absolute atomic E-state index is 14.5. The van der Waals surface area contributed by atoms with E-state index >= 15 is 0 Å². The molecule has 0 spiro atoms. The molecule has 1 saturated heterocycles. The number of carbonyl (C=O) groups excluding carboxylic acids is 1. The third kappa shape index (κ3) is 4.20. The zero-order valence-electron chi connectivity index (χ0n) is 14.6. The van der Waals surface area contributed by atoms with Crippen LogP contribution in [0, 0.1) is 19.7 Å². The molecule has 3 nitrogen and oxygen atoms in total. The van der Waals surface area contributed by atoms with E-state index < -0.39 is 5.82 Å². The largest absolute Gasteiger partial charge is 0.338 e. The van der Waals surface area contributed by atoms with Crippen LogP contribution in [0.1, 0.15) is 34.3 Å². The molecular weight excluding hydrogens is 339 g/mol. The van der Waals surface area contributed by atoms with E-state index in [1.807, 2.05) is 38.1 Å². The van der Waals surface area contributed by atoms with Crippen LogP contribution < -0.4 is 5.73 Å². The summed E-state index contributed by atoms with van der Waals surface area (Å²) in [5.41, 5.74) is 10.1. The number of hydrogen-bond donors (Lipinski definition) is 1. The average Bonchev–Trinajstić information content (AvgIpc) is 2.57. The zero-order chi connectivity index (χ0) is 17.3. The first-order valence-corrected chi connectivity index (χ1v) is 8.38. The Labute approximate surface area is 154 Å². The van der Waals surface area contributed by atoms with Gasteiger partial charge in [-0.1, -0.05) is 24.3 Å². The molecule has 1 heterocycles. The predicted molar refractivity (Wildman–Crippen MR) is 102 cm³/mol. The first-order chi connectivity index (χ1) is 11.5. The fourth-order valence-electron chi connectivity index (χ4n) is 3.06. The lowest BCUT2D eigenvalue weighted by molar-refractivity contribution is 0.0710. The Morgan fingerprint density at radius 3 is 2.24 bits per heavy atom. The monoisotopic (exact) mass is 362 g/mol. The van der Waals surface area contributed by atoms with Crippen molar-refractivity contribution in [2.24, 2.45) is 5.73 Å². The van der Waals surface area contributed by atoms with Crippen molar-refractivity contribution in [1.82, 2.24) is 4.90 Å². The van der Waals surface area contributed by atoms with Gasteiger partial charge in [0.15, 0.2) is 0 Å². The lowest BCUT2D eigenvalue weighted by Gasteiger charge is -2.30. The van der Waals surface area contributed by atoms with E-state index in [2.05, 4.69) is 0 Å². The third-order valence-corrected chi connectivity index (χ3v) is 4.87. The zero-order valence-corrected chi connectivity index (χ0v) is 15.4. The lowest BCUT2D eigenvalue weighted by atomic mass is 9.98. The van der Waals surface area contributed by atoms with Crippen molar-refractivity contribution in [3.8, 4) is 11.1 Å². The summed E-state index contributed by atoms with van der Waals surface area (Å²) in [7, 11) is 0. The van der Waals surface area contributed by atoms with Gasteiger partial charge in [-0.25, -0.2) is 4.39 Å². The number of hydrogen-bond acceptors (Lipinski definition) is 2. The summed E-state index contributed by atoms with van der Waals surface area (Å²) in [5.74, 6) is -0.711. The Kier molecular flexibility index (Phi) is 6.20. The van der Waals surface area contributed by atoms with Gasteiger partial charge in [0.2, 0.25) is 0 Å². The van der Waals surface area contributed by atoms with Crippen LogP contribution in [0.15, 0.2) is 36.4 Å². The minimum atomic E-state index is -0.467. The average molecular weight is 363 g/mol. The van der Waals surface area contributed by atoms with Gasteiger partial charge in [0.25, 0.3) is 5.91 Å². The Morgan fingerprint density at radius 2 is 1.64 bits per heavy atom. The summed E-state index contributed by atoms with van der Waals surface area (Å²) in [5, 5.41) is 0. The van der Waals surface area contributed by atoms with Gasteiger partial charge in [-0.05, 0) is 61.1 Å². The van der Waals surface area contributed by atoms with Crippen LogP contribution in [-0.4, -0.2) is 29.9 Å². The number of nitrogens with zero attached hydrogens (tertiary/aromatic N) is 1. The number of nitrogens with two attached hydrogens (primary N) is 1. The van der Waals surface area contributed by atoms with Gasteiger partial charge in [0, 0.05) is 19.1 Å². The smallest absolute Gasteiger partial charge is 0.256 e. The minimum absolute atomic E-state index is 0. The molecule has 2 N–H and O–H groups in total. The van der Waals surface area contributed by atoms with E-state index in [9.17, 15) is 9.18 Å². The van der Waals surface area contributed by atoms with E-state index in [1.165, 1.54) is 11.6 Å². The number of aryl methyl sites for hydroxylation is 2. The molecule has 0 unspecified atom stereocenters. The second kappa shape index (κ2) is 7.98. The van der Waals surface area contributed by atoms with Gasteiger partial charge in [-0.3, -0.25) is 4.79 Å². The van der Waals surface area contributed by atoms with Crippen LogP contribution in [0.2, 0.25) is 0 Å². The molecule has 0 saturated carbocycles. The molecule has 1 aliphatic heterocycles. The Balaban J connectivity index is 0.00000225. The van der Waals surface area contributed by atoms with E-state index in [1.54, 1.807) is 11.0 Å². The normalized spacial score (nSPS) is 15.0. The van der Waals surface area contributed by atoms with Gasteiger partial charge >= 0.3 is 0 Å². The Hall–Kier alpha value is -1.91. The quantitative estimate of drug-likeness (QED) is 0.874. The molecule has 2 aromatic carbocycles. The summed E-state index contributed by atoms with van der Waals surface area (Å²) in [6.45, 7) is 5.27. The first-order valence-electron chi connectivity index (χ1n) is 8.38. The maximum atomic E-state index is 14.5. The molecule has 1 aliphatic rings. The molecule has 0 atom stereocenters. The summed E-state index contributed by atoms with van der Waals surface area (Å²) >= 11 is 0. The van der Waals surface area contributed by atoms with Crippen LogP contribution >= 0.6 is 12.4 Å². The molecule has 5 heteroatoms. The molecule has 0 radical (unpaired) electrons. The van der Waals surface area contributed by atoms with Crippen LogP contribution in [0.4, 0.5) is 4.39 Å². The molecular formula is C20H24ClFN2O. The fraction of sp³-hybridized carbons (Fsp3) is 0.350. The van der Waals surface area contributed by atoms with Gasteiger partial charge in [0.05, 0.1) is 5.56 Å². The number of benzene rings is 2. The number of carbonyl (C=O) groups is 1. The van der Waals surface area contributed by atoms with Gasteiger partial charge in [0.1, 0.15) is 5.82 Å². The second-order valence-corrected chi connectivity index (χ2v) is 6.62. The van der Waals surface area contributed by atoms with Crippen molar-refractivity contribution in [1.29, 1.82) is 0 Å². The van der Waals surface area contributed by atoms with E-state index in [0.29, 0.717) is 13.1 Å². The predicted octanol–water partition coefficient (Wildman–Crippen LogP) is 4.09. The topological polar surface area (TPSA) is 46.3 Å². The van der Waals surface area contributed by atoms with E-state index in [4.69, 9.17) is 5.73 Å². The van der Waals surface area contributed by atoms with E-state index in [0.717, 1.165) is 29.5 Å². The molecule has 2 aromatic rings. The minimum Gasteiger partial charge on any atom is -0.338 e. The van der Waals surface area contributed by atoms with Gasteiger partial charge < -0.3 is 10.6 Å². The van der Waals surface area contributed by atoms with Crippen LogP contribution in [0.5, 0.6) is 0 Å². The van der Waals surface area contributed by atoms with Crippen molar-refractivity contribution < 1.29 is 9.18 Å². The van der Waals surface area contributed by atoms with Crippen LogP contribution in [0.3, 0.4) is 0 Å². The summed E-state index contributed by atoms with van der Waals surface area (Å²) in [6, 6.07) is 11.0. The maximum Gasteiger partial charge on any atom is 0.256 e. The highest BCUT2D eigenvalue weighted by Crippen LogP contribution is 2.25. The highest BCUT2D eigenvalue weighted by molar-refractivity contribution is 5.95. The molecule has 0 aliphatic carbocycles. The van der Waals surface area contributed by atoms with E-state index in [-0.39, 0.29) is 29.9 Å².